The highest BCUT2D eigenvalue weighted by Gasteiger charge is 2.07. The van der Waals surface area contributed by atoms with Gasteiger partial charge in [-0.2, -0.15) is 0 Å². The summed E-state index contributed by atoms with van der Waals surface area (Å²) in [5.41, 5.74) is 12.2. The SMILES string of the molecule is CCN(Cc1ccc(CN)cc1C)c1ccc(C)cc1. The molecule has 0 aliphatic heterocycles. The Bertz CT molecular complexity index is 558. The molecule has 0 amide bonds. The van der Waals surface area contributed by atoms with E-state index in [2.05, 4.69) is 68.1 Å². The number of hydrogen-bond donors (Lipinski definition) is 1. The largest absolute Gasteiger partial charge is 0.367 e. The van der Waals surface area contributed by atoms with Crippen molar-refractivity contribution in [1.29, 1.82) is 0 Å². The highest BCUT2D eigenvalue weighted by Crippen LogP contribution is 2.20. The third kappa shape index (κ3) is 3.40. The molecule has 106 valence electrons. The van der Waals surface area contributed by atoms with Crippen molar-refractivity contribution >= 4 is 5.69 Å². The molecule has 0 heterocycles. The quantitative estimate of drug-likeness (QED) is 0.894. The van der Waals surface area contributed by atoms with Crippen LogP contribution in [0.5, 0.6) is 0 Å². The van der Waals surface area contributed by atoms with E-state index in [9.17, 15) is 0 Å². The summed E-state index contributed by atoms with van der Waals surface area (Å²) in [6.45, 7) is 9.03. The molecule has 0 aliphatic carbocycles. The van der Waals surface area contributed by atoms with Crippen LogP contribution < -0.4 is 10.6 Å². The summed E-state index contributed by atoms with van der Waals surface area (Å²) >= 11 is 0. The third-order valence-electron chi connectivity index (χ3n) is 3.78. The standard InChI is InChI=1S/C18H24N2/c1-4-20(18-9-5-14(2)6-10-18)13-17-8-7-16(12-19)11-15(17)3/h5-11H,4,12-13,19H2,1-3H3. The van der Waals surface area contributed by atoms with E-state index in [4.69, 9.17) is 5.73 Å². The summed E-state index contributed by atoms with van der Waals surface area (Å²) in [7, 11) is 0. The van der Waals surface area contributed by atoms with E-state index in [0.717, 1.165) is 13.1 Å². The Morgan fingerprint density at radius 1 is 1.00 bits per heavy atom. The molecule has 2 rings (SSSR count). The van der Waals surface area contributed by atoms with Gasteiger partial charge in [0.15, 0.2) is 0 Å². The zero-order valence-corrected chi connectivity index (χ0v) is 12.7. The van der Waals surface area contributed by atoms with Crippen molar-refractivity contribution in [3.8, 4) is 0 Å². The lowest BCUT2D eigenvalue weighted by atomic mass is 10.0. The van der Waals surface area contributed by atoms with E-state index in [0.29, 0.717) is 6.54 Å². The topological polar surface area (TPSA) is 29.3 Å². The lowest BCUT2D eigenvalue weighted by Crippen LogP contribution is -2.22. The molecule has 0 saturated carbocycles. The highest BCUT2D eigenvalue weighted by atomic mass is 15.1. The van der Waals surface area contributed by atoms with Crippen LogP contribution in [0, 0.1) is 13.8 Å². The molecule has 0 fully saturated rings. The van der Waals surface area contributed by atoms with Crippen molar-refractivity contribution in [2.45, 2.75) is 33.9 Å². The number of nitrogens with two attached hydrogens (primary N) is 1. The second kappa shape index (κ2) is 6.58. The monoisotopic (exact) mass is 268 g/mol. The first kappa shape index (κ1) is 14.6. The molecule has 2 aromatic carbocycles. The van der Waals surface area contributed by atoms with E-state index in [1.807, 2.05) is 0 Å². The smallest absolute Gasteiger partial charge is 0.0431 e. The predicted molar refractivity (Wildman–Crippen MR) is 87.0 cm³/mol. The number of rotatable bonds is 5. The molecular formula is C18H24N2. The first-order valence-electron chi connectivity index (χ1n) is 7.24. The molecule has 0 unspecified atom stereocenters. The van der Waals surface area contributed by atoms with Gasteiger partial charge in [-0.25, -0.2) is 0 Å². The maximum Gasteiger partial charge on any atom is 0.0431 e. The number of hydrogen-bond acceptors (Lipinski definition) is 2. The predicted octanol–water partition coefficient (Wildman–Crippen LogP) is 3.79. The molecule has 0 saturated heterocycles. The fourth-order valence-corrected chi connectivity index (χ4v) is 2.41. The summed E-state index contributed by atoms with van der Waals surface area (Å²) in [4.78, 5) is 2.39. The Morgan fingerprint density at radius 3 is 2.25 bits per heavy atom. The average molecular weight is 268 g/mol. The van der Waals surface area contributed by atoms with Crippen LogP contribution in [0.4, 0.5) is 5.69 Å². The van der Waals surface area contributed by atoms with Crippen molar-refractivity contribution in [3.05, 3.63) is 64.7 Å². The molecule has 20 heavy (non-hydrogen) atoms. The van der Waals surface area contributed by atoms with Gasteiger partial charge in [-0.3, -0.25) is 0 Å². The summed E-state index contributed by atoms with van der Waals surface area (Å²) < 4.78 is 0. The molecule has 0 radical (unpaired) electrons. The number of aryl methyl sites for hydroxylation is 2. The molecule has 0 aliphatic rings. The number of benzene rings is 2. The molecule has 0 spiro atoms. The van der Waals surface area contributed by atoms with Gasteiger partial charge < -0.3 is 10.6 Å². The third-order valence-corrected chi connectivity index (χ3v) is 3.78. The zero-order chi connectivity index (χ0) is 14.5. The van der Waals surface area contributed by atoms with Gasteiger partial charge in [0.05, 0.1) is 0 Å². The minimum atomic E-state index is 0.608. The van der Waals surface area contributed by atoms with Gasteiger partial charge in [-0.05, 0) is 49.6 Å². The van der Waals surface area contributed by atoms with Crippen molar-refractivity contribution in [2.24, 2.45) is 5.73 Å². The maximum absolute atomic E-state index is 5.69. The van der Waals surface area contributed by atoms with Crippen molar-refractivity contribution in [1.82, 2.24) is 0 Å². The fourth-order valence-electron chi connectivity index (χ4n) is 2.41. The first-order valence-corrected chi connectivity index (χ1v) is 7.24. The molecule has 2 heteroatoms. The summed E-state index contributed by atoms with van der Waals surface area (Å²) in [5, 5.41) is 0. The van der Waals surface area contributed by atoms with Crippen LogP contribution in [0.15, 0.2) is 42.5 Å². The van der Waals surface area contributed by atoms with Crippen molar-refractivity contribution in [2.75, 3.05) is 11.4 Å². The average Bonchev–Trinajstić information content (AvgIpc) is 2.47. The minimum Gasteiger partial charge on any atom is -0.367 e. The van der Waals surface area contributed by atoms with Gasteiger partial charge >= 0.3 is 0 Å². The lowest BCUT2D eigenvalue weighted by molar-refractivity contribution is 0.826. The molecule has 2 nitrogen and oxygen atoms in total. The van der Waals surface area contributed by atoms with Crippen LogP contribution in [0.2, 0.25) is 0 Å². The second-order valence-corrected chi connectivity index (χ2v) is 5.31. The normalized spacial score (nSPS) is 10.6. The lowest BCUT2D eigenvalue weighted by Gasteiger charge is -2.24. The Kier molecular flexibility index (Phi) is 4.80. The van der Waals surface area contributed by atoms with Crippen LogP contribution in [-0.4, -0.2) is 6.54 Å². The van der Waals surface area contributed by atoms with Crippen LogP contribution >= 0.6 is 0 Å². The Labute approximate surface area is 122 Å². The van der Waals surface area contributed by atoms with Gasteiger partial charge in [0.2, 0.25) is 0 Å². The van der Waals surface area contributed by atoms with Crippen LogP contribution in [-0.2, 0) is 13.1 Å². The Hall–Kier alpha value is -1.80. The summed E-state index contributed by atoms with van der Waals surface area (Å²) in [5.74, 6) is 0. The first-order chi connectivity index (χ1) is 9.63. The number of anilines is 1. The Balaban J connectivity index is 2.20. The molecular weight excluding hydrogens is 244 g/mol. The van der Waals surface area contributed by atoms with Gasteiger partial charge in [0.25, 0.3) is 0 Å². The summed E-state index contributed by atoms with van der Waals surface area (Å²) in [6, 6.07) is 15.3. The van der Waals surface area contributed by atoms with E-state index in [1.54, 1.807) is 0 Å². The second-order valence-electron chi connectivity index (χ2n) is 5.31. The van der Waals surface area contributed by atoms with E-state index >= 15 is 0 Å². The molecule has 2 aromatic rings. The molecule has 0 bridgehead atoms. The van der Waals surface area contributed by atoms with Gasteiger partial charge in [-0.15, -0.1) is 0 Å². The van der Waals surface area contributed by atoms with E-state index in [-0.39, 0.29) is 0 Å². The summed E-state index contributed by atoms with van der Waals surface area (Å²) in [6.07, 6.45) is 0. The van der Waals surface area contributed by atoms with Crippen LogP contribution in [0.3, 0.4) is 0 Å². The highest BCUT2D eigenvalue weighted by molar-refractivity contribution is 5.48. The van der Waals surface area contributed by atoms with Crippen LogP contribution in [0.25, 0.3) is 0 Å². The van der Waals surface area contributed by atoms with Gasteiger partial charge in [-0.1, -0.05) is 35.9 Å². The van der Waals surface area contributed by atoms with E-state index in [1.165, 1.54) is 27.9 Å². The van der Waals surface area contributed by atoms with Crippen LogP contribution in [0.1, 0.15) is 29.2 Å². The Morgan fingerprint density at radius 2 is 1.70 bits per heavy atom. The number of nitrogens with zero attached hydrogens (tertiary/aromatic N) is 1. The van der Waals surface area contributed by atoms with Gasteiger partial charge in [0.1, 0.15) is 0 Å². The fraction of sp³-hybridized carbons (Fsp3) is 0.333. The maximum atomic E-state index is 5.69. The van der Waals surface area contributed by atoms with Crippen molar-refractivity contribution < 1.29 is 0 Å². The van der Waals surface area contributed by atoms with Gasteiger partial charge in [0, 0.05) is 25.3 Å². The van der Waals surface area contributed by atoms with E-state index < -0.39 is 0 Å². The molecule has 0 aromatic heterocycles. The molecule has 0 atom stereocenters. The zero-order valence-electron chi connectivity index (χ0n) is 12.7. The minimum absolute atomic E-state index is 0.608. The van der Waals surface area contributed by atoms with Crippen molar-refractivity contribution in [3.63, 3.8) is 0 Å². The molecule has 2 N–H and O–H groups in total.